The smallest absolute Gasteiger partial charge is 0.0589 e. The van der Waals surface area contributed by atoms with Gasteiger partial charge in [0, 0.05) is 46.5 Å². The summed E-state index contributed by atoms with van der Waals surface area (Å²) in [5, 5.41) is 3.57. The molecule has 116 valence electrons. The fourth-order valence-electron chi connectivity index (χ4n) is 2.17. The minimum atomic E-state index is 0.589. The van der Waals surface area contributed by atoms with Crippen LogP contribution < -0.4 is 5.32 Å². The first-order valence-corrected chi connectivity index (χ1v) is 7.58. The summed E-state index contributed by atoms with van der Waals surface area (Å²) in [7, 11) is 3.53. The van der Waals surface area contributed by atoms with E-state index in [1.54, 1.807) is 14.2 Å². The molecule has 0 amide bonds. The van der Waals surface area contributed by atoms with Gasteiger partial charge < -0.3 is 14.8 Å². The van der Waals surface area contributed by atoms with Crippen LogP contribution in [0.15, 0.2) is 0 Å². The third kappa shape index (κ3) is 10.3. The zero-order valence-corrected chi connectivity index (χ0v) is 13.6. The lowest BCUT2D eigenvalue weighted by molar-refractivity contribution is 0.103. The summed E-state index contributed by atoms with van der Waals surface area (Å²) < 4.78 is 10.4. The lowest BCUT2D eigenvalue weighted by Gasteiger charge is -2.31. The van der Waals surface area contributed by atoms with Gasteiger partial charge in [0.05, 0.1) is 6.61 Å². The lowest BCUT2D eigenvalue weighted by atomic mass is 10.1. The van der Waals surface area contributed by atoms with E-state index < -0.39 is 0 Å². The Kier molecular flexibility index (Phi) is 12.7. The van der Waals surface area contributed by atoms with Crippen LogP contribution in [-0.2, 0) is 9.47 Å². The van der Waals surface area contributed by atoms with Crippen molar-refractivity contribution < 1.29 is 9.47 Å². The van der Waals surface area contributed by atoms with Gasteiger partial charge in [0.2, 0.25) is 0 Å². The summed E-state index contributed by atoms with van der Waals surface area (Å²) in [5.74, 6) is 0.707. The zero-order chi connectivity index (χ0) is 14.5. The van der Waals surface area contributed by atoms with Gasteiger partial charge in [-0.3, -0.25) is 4.90 Å². The van der Waals surface area contributed by atoms with E-state index in [2.05, 4.69) is 31.0 Å². The maximum Gasteiger partial charge on any atom is 0.0589 e. The van der Waals surface area contributed by atoms with E-state index >= 15 is 0 Å². The van der Waals surface area contributed by atoms with E-state index in [1.165, 1.54) is 6.42 Å². The summed E-state index contributed by atoms with van der Waals surface area (Å²) in [5.41, 5.74) is 0. The van der Waals surface area contributed by atoms with Crippen molar-refractivity contribution in [1.29, 1.82) is 0 Å². The molecule has 0 aliphatic carbocycles. The Morgan fingerprint density at radius 2 is 1.68 bits per heavy atom. The number of methoxy groups -OCH3 is 2. The predicted molar refractivity (Wildman–Crippen MR) is 81.7 cm³/mol. The molecule has 0 fully saturated rings. The van der Waals surface area contributed by atoms with E-state index in [9.17, 15) is 0 Å². The fraction of sp³-hybridized carbons (Fsp3) is 1.00. The molecule has 0 bridgehead atoms. The molecule has 1 unspecified atom stereocenters. The second kappa shape index (κ2) is 12.9. The third-order valence-electron chi connectivity index (χ3n) is 3.30. The third-order valence-corrected chi connectivity index (χ3v) is 3.30. The average molecular weight is 274 g/mol. The van der Waals surface area contributed by atoms with Crippen LogP contribution in [0, 0.1) is 5.92 Å². The highest BCUT2D eigenvalue weighted by Gasteiger charge is 2.15. The van der Waals surface area contributed by atoms with Crippen LogP contribution in [0.1, 0.15) is 33.6 Å². The number of rotatable bonds is 13. The van der Waals surface area contributed by atoms with Crippen molar-refractivity contribution in [1.82, 2.24) is 10.2 Å². The van der Waals surface area contributed by atoms with Crippen LogP contribution in [0.5, 0.6) is 0 Å². The molecule has 0 aromatic heterocycles. The van der Waals surface area contributed by atoms with Gasteiger partial charge in [-0.25, -0.2) is 0 Å². The number of ether oxygens (including phenoxy) is 2. The molecule has 1 N–H and O–H groups in total. The van der Waals surface area contributed by atoms with Gasteiger partial charge in [-0.05, 0) is 25.3 Å². The van der Waals surface area contributed by atoms with E-state index in [-0.39, 0.29) is 0 Å². The van der Waals surface area contributed by atoms with Gasteiger partial charge in [0.1, 0.15) is 0 Å². The summed E-state index contributed by atoms with van der Waals surface area (Å²) >= 11 is 0. The van der Waals surface area contributed by atoms with Gasteiger partial charge in [-0.15, -0.1) is 0 Å². The Bertz CT molecular complexity index is 189. The van der Waals surface area contributed by atoms with Gasteiger partial charge in [-0.1, -0.05) is 20.8 Å². The molecular weight excluding hydrogens is 240 g/mol. The normalized spacial score (nSPS) is 13.4. The van der Waals surface area contributed by atoms with Gasteiger partial charge in [-0.2, -0.15) is 0 Å². The summed E-state index contributed by atoms with van der Waals surface area (Å²) in [6.45, 7) is 12.6. The maximum atomic E-state index is 5.22. The van der Waals surface area contributed by atoms with Crippen LogP contribution in [-0.4, -0.2) is 64.6 Å². The second-order valence-corrected chi connectivity index (χ2v) is 5.49. The monoisotopic (exact) mass is 274 g/mol. The summed E-state index contributed by atoms with van der Waals surface area (Å²) in [6.07, 6.45) is 2.25. The van der Waals surface area contributed by atoms with Gasteiger partial charge >= 0.3 is 0 Å². The topological polar surface area (TPSA) is 33.7 Å². The van der Waals surface area contributed by atoms with Gasteiger partial charge in [0.25, 0.3) is 0 Å². The number of hydrogen-bond acceptors (Lipinski definition) is 4. The van der Waals surface area contributed by atoms with Crippen LogP contribution >= 0.6 is 0 Å². The number of nitrogens with one attached hydrogen (secondary N) is 1. The van der Waals surface area contributed by atoms with Crippen molar-refractivity contribution in [3.8, 4) is 0 Å². The molecule has 1 atom stereocenters. The molecule has 0 heterocycles. The minimum Gasteiger partial charge on any atom is -0.385 e. The maximum absolute atomic E-state index is 5.22. The Morgan fingerprint density at radius 1 is 1.00 bits per heavy atom. The Balaban J connectivity index is 4.14. The van der Waals surface area contributed by atoms with Crippen molar-refractivity contribution in [2.24, 2.45) is 5.92 Å². The van der Waals surface area contributed by atoms with Crippen molar-refractivity contribution >= 4 is 0 Å². The first-order valence-electron chi connectivity index (χ1n) is 7.58. The van der Waals surface area contributed by atoms with E-state index in [0.717, 1.165) is 45.8 Å². The Morgan fingerprint density at radius 3 is 2.21 bits per heavy atom. The average Bonchev–Trinajstić information content (AvgIpc) is 2.39. The standard InChI is InChI=1S/C15H34N2O2/c1-6-15(13-16-12-14(2)3)17(9-11-19-5)8-7-10-18-4/h14-16H,6-13H2,1-5H3. The molecule has 0 saturated heterocycles. The van der Waals surface area contributed by atoms with Crippen LogP contribution in [0.3, 0.4) is 0 Å². The summed E-state index contributed by atoms with van der Waals surface area (Å²) in [6, 6.07) is 0.589. The van der Waals surface area contributed by atoms with E-state index in [0.29, 0.717) is 12.0 Å². The number of nitrogens with zero attached hydrogens (tertiary/aromatic N) is 1. The lowest BCUT2D eigenvalue weighted by Crippen LogP contribution is -2.44. The molecule has 0 saturated carbocycles. The van der Waals surface area contributed by atoms with E-state index in [4.69, 9.17) is 9.47 Å². The molecule has 0 aromatic rings. The first-order chi connectivity index (χ1) is 9.15. The zero-order valence-electron chi connectivity index (χ0n) is 13.6. The van der Waals surface area contributed by atoms with Crippen molar-refractivity contribution in [2.75, 3.05) is 53.6 Å². The molecular formula is C15H34N2O2. The van der Waals surface area contributed by atoms with Crippen LogP contribution in [0.25, 0.3) is 0 Å². The van der Waals surface area contributed by atoms with E-state index in [1.807, 2.05) is 0 Å². The molecule has 0 aliphatic rings. The molecule has 0 aromatic carbocycles. The predicted octanol–water partition coefficient (Wildman–Crippen LogP) is 2.00. The molecule has 0 rings (SSSR count). The molecule has 0 spiro atoms. The first kappa shape index (κ1) is 18.8. The minimum absolute atomic E-state index is 0.589. The fourth-order valence-corrected chi connectivity index (χ4v) is 2.17. The number of hydrogen-bond donors (Lipinski definition) is 1. The molecule has 19 heavy (non-hydrogen) atoms. The van der Waals surface area contributed by atoms with Crippen molar-refractivity contribution in [3.05, 3.63) is 0 Å². The highest BCUT2D eigenvalue weighted by atomic mass is 16.5. The molecule has 4 nitrogen and oxygen atoms in total. The Labute approximate surface area is 119 Å². The van der Waals surface area contributed by atoms with Crippen LogP contribution in [0.4, 0.5) is 0 Å². The molecule has 4 heteroatoms. The molecule has 0 aliphatic heterocycles. The highest BCUT2D eigenvalue weighted by molar-refractivity contribution is 4.73. The highest BCUT2D eigenvalue weighted by Crippen LogP contribution is 2.05. The second-order valence-electron chi connectivity index (χ2n) is 5.49. The van der Waals surface area contributed by atoms with Crippen molar-refractivity contribution in [3.63, 3.8) is 0 Å². The SMILES string of the molecule is CCC(CNCC(C)C)N(CCCOC)CCOC. The van der Waals surface area contributed by atoms with Crippen LogP contribution in [0.2, 0.25) is 0 Å². The quantitative estimate of drug-likeness (QED) is 0.521. The summed E-state index contributed by atoms with van der Waals surface area (Å²) in [4.78, 5) is 2.52. The van der Waals surface area contributed by atoms with Crippen molar-refractivity contribution in [2.45, 2.75) is 39.7 Å². The molecule has 0 radical (unpaired) electrons. The Hall–Kier alpha value is -0.160. The van der Waals surface area contributed by atoms with Gasteiger partial charge in [0.15, 0.2) is 0 Å². The largest absolute Gasteiger partial charge is 0.385 e.